The molecule has 0 aromatic carbocycles. The molecule has 0 atom stereocenters. The summed E-state index contributed by atoms with van der Waals surface area (Å²) in [6.45, 7) is 0.963. The molecule has 0 aliphatic heterocycles. The first-order valence-corrected chi connectivity index (χ1v) is 9.95. The Balaban J connectivity index is 2.24. The zero-order valence-electron chi connectivity index (χ0n) is 12.1. The Labute approximate surface area is 135 Å². The summed E-state index contributed by atoms with van der Waals surface area (Å²) >= 11 is 12.0. The van der Waals surface area contributed by atoms with Crippen LogP contribution in [0.1, 0.15) is 5.56 Å². The molecule has 114 valence electrons. The van der Waals surface area contributed by atoms with Gasteiger partial charge >= 0.3 is 0 Å². The number of fused-ring (bicyclic) bond motifs is 1. The van der Waals surface area contributed by atoms with Gasteiger partial charge in [0.2, 0.25) is 0 Å². The minimum absolute atomic E-state index is 0.0795. The van der Waals surface area contributed by atoms with Gasteiger partial charge in [0.1, 0.15) is 23.9 Å². The average Bonchev–Trinajstić information content (AvgIpc) is 2.78. The van der Waals surface area contributed by atoms with E-state index < -0.39 is 10.0 Å². The summed E-state index contributed by atoms with van der Waals surface area (Å²) in [4.78, 5) is 8.09. The maximum absolute atomic E-state index is 9.23. The van der Waals surface area contributed by atoms with Crippen molar-refractivity contribution < 1.29 is 4.74 Å². The number of ether oxygens (including phenoxy) is 1. The van der Waals surface area contributed by atoms with Crippen molar-refractivity contribution in [2.75, 3.05) is 31.1 Å². The van der Waals surface area contributed by atoms with E-state index in [9.17, 15) is 5.26 Å². The molecule has 5 nitrogen and oxygen atoms in total. The minimum atomic E-state index is -0.588. The Kier molecular flexibility index (Phi) is 4.99. The Morgan fingerprint density at radius 3 is 2.67 bits per heavy atom. The van der Waals surface area contributed by atoms with Crippen molar-refractivity contribution in [1.82, 2.24) is 14.5 Å². The highest BCUT2D eigenvalue weighted by molar-refractivity contribution is 8.32. The second-order valence-electron chi connectivity index (χ2n) is 5.42. The molecule has 0 unspecified atom stereocenters. The van der Waals surface area contributed by atoms with Gasteiger partial charge in [-0.1, -0.05) is 23.2 Å². The molecule has 0 bridgehead atoms. The zero-order valence-corrected chi connectivity index (χ0v) is 14.4. The Morgan fingerprint density at radius 1 is 1.33 bits per heavy atom. The molecular weight excluding hydrogens is 331 g/mol. The number of hydrogen-bond donors (Lipinski definition) is 0. The quantitative estimate of drug-likeness (QED) is 0.615. The first-order chi connectivity index (χ1) is 9.83. The van der Waals surface area contributed by atoms with Crippen molar-refractivity contribution in [1.29, 1.82) is 5.26 Å². The number of aromatic nitrogens is 3. The van der Waals surface area contributed by atoms with Crippen LogP contribution in [0.2, 0.25) is 10.3 Å². The fourth-order valence-corrected chi connectivity index (χ4v) is 2.86. The van der Waals surface area contributed by atoms with Crippen molar-refractivity contribution >= 4 is 44.3 Å². The van der Waals surface area contributed by atoms with Crippen LogP contribution in [0.3, 0.4) is 0 Å². The van der Waals surface area contributed by atoms with E-state index in [0.717, 1.165) is 5.75 Å². The number of halogens is 2. The number of pyridine rings is 1. The third-order valence-electron chi connectivity index (χ3n) is 2.85. The van der Waals surface area contributed by atoms with Gasteiger partial charge in [-0.25, -0.2) is 20.0 Å². The molecule has 0 fully saturated rings. The van der Waals surface area contributed by atoms with E-state index in [2.05, 4.69) is 28.7 Å². The van der Waals surface area contributed by atoms with Gasteiger partial charge in [0, 0.05) is 5.75 Å². The molecule has 0 N–H and O–H groups in total. The lowest BCUT2D eigenvalue weighted by molar-refractivity contribution is 0.0923. The molecule has 2 aromatic rings. The highest BCUT2D eigenvalue weighted by Crippen LogP contribution is 2.33. The Hall–Kier alpha value is -1.00. The van der Waals surface area contributed by atoms with Crippen molar-refractivity contribution in [3.05, 3.63) is 22.2 Å². The second-order valence-corrected chi connectivity index (χ2v) is 10.7. The van der Waals surface area contributed by atoms with E-state index in [0.29, 0.717) is 24.4 Å². The molecule has 0 amide bonds. The lowest BCUT2D eigenvalue weighted by Gasteiger charge is -2.24. The summed E-state index contributed by atoms with van der Waals surface area (Å²) < 4.78 is 7.40. The topological polar surface area (TPSA) is 63.7 Å². The molecule has 0 radical (unpaired) electrons. The fraction of sp³-hybridized carbons (Fsp3) is 0.462. The van der Waals surface area contributed by atoms with Gasteiger partial charge in [-0.2, -0.15) is 5.26 Å². The van der Waals surface area contributed by atoms with Crippen LogP contribution in [-0.4, -0.2) is 45.7 Å². The van der Waals surface area contributed by atoms with E-state index in [1.807, 2.05) is 6.07 Å². The Morgan fingerprint density at radius 2 is 2.05 bits per heavy atom. The van der Waals surface area contributed by atoms with Crippen LogP contribution in [-0.2, 0) is 11.5 Å². The summed E-state index contributed by atoms with van der Waals surface area (Å²) in [6, 6.07) is 2.04. The molecule has 0 saturated heterocycles. The van der Waals surface area contributed by atoms with Crippen LogP contribution in [0.5, 0.6) is 0 Å². The van der Waals surface area contributed by atoms with Crippen LogP contribution >= 0.6 is 33.2 Å². The second kappa shape index (κ2) is 6.41. The normalized spacial score (nSPS) is 12.6. The Bertz CT molecular complexity index is 703. The summed E-state index contributed by atoms with van der Waals surface area (Å²) in [5.41, 5.74) is 1.28. The van der Waals surface area contributed by atoms with Crippen molar-refractivity contribution in [2.24, 2.45) is 0 Å². The molecule has 21 heavy (non-hydrogen) atoms. The first kappa shape index (κ1) is 16.4. The maximum Gasteiger partial charge on any atom is 0.158 e. The molecule has 2 heterocycles. The van der Waals surface area contributed by atoms with Crippen LogP contribution in [0.15, 0.2) is 6.33 Å². The smallest absolute Gasteiger partial charge is 0.158 e. The van der Waals surface area contributed by atoms with E-state index in [4.69, 9.17) is 27.9 Å². The van der Waals surface area contributed by atoms with Gasteiger partial charge in [0.05, 0.1) is 18.5 Å². The van der Waals surface area contributed by atoms with Gasteiger partial charge in [0.25, 0.3) is 0 Å². The highest BCUT2D eigenvalue weighted by Gasteiger charge is 2.16. The molecule has 8 heteroatoms. The van der Waals surface area contributed by atoms with Crippen molar-refractivity contribution in [2.45, 2.75) is 6.73 Å². The third-order valence-corrected chi connectivity index (χ3v) is 4.78. The third kappa shape index (κ3) is 3.80. The summed E-state index contributed by atoms with van der Waals surface area (Å²) in [7, 11) is -0.588. The summed E-state index contributed by atoms with van der Waals surface area (Å²) in [5.74, 6) is 1.02. The van der Waals surface area contributed by atoms with Gasteiger partial charge in [0.15, 0.2) is 10.3 Å². The van der Waals surface area contributed by atoms with Gasteiger partial charge in [-0.15, -0.1) is 0 Å². The number of nitriles is 1. The number of nitrogens with zero attached hydrogens (tertiary/aromatic N) is 4. The first-order valence-electron chi connectivity index (χ1n) is 6.17. The molecule has 0 spiro atoms. The number of hydrogen-bond acceptors (Lipinski definition) is 4. The van der Waals surface area contributed by atoms with E-state index >= 15 is 0 Å². The predicted octanol–water partition coefficient (Wildman–Crippen LogP) is 3.28. The van der Waals surface area contributed by atoms with Crippen LogP contribution < -0.4 is 0 Å². The molecular formula is C13H16Cl2N4OS. The number of rotatable bonds is 5. The van der Waals surface area contributed by atoms with Gasteiger partial charge in [-0.3, -0.25) is 0 Å². The standard InChI is InChI=1S/C13H16Cl2N4OS/c1-21(2,3)5-4-20-8-19-7-17-10-11(19)9(6-16)12(14)18-13(10)15/h7H,4-5,8H2,1-3H3. The SMILES string of the molecule is CS(C)(C)CCOCn1cnc2c(Cl)nc(Cl)c(C#N)c21. The molecule has 2 aromatic heterocycles. The highest BCUT2D eigenvalue weighted by atomic mass is 35.5. The lowest BCUT2D eigenvalue weighted by atomic mass is 10.2. The monoisotopic (exact) mass is 346 g/mol. The minimum Gasteiger partial charge on any atom is -0.360 e. The largest absolute Gasteiger partial charge is 0.360 e. The summed E-state index contributed by atoms with van der Waals surface area (Å²) in [6.07, 6.45) is 8.30. The average molecular weight is 347 g/mol. The van der Waals surface area contributed by atoms with Crippen LogP contribution in [0.4, 0.5) is 0 Å². The van der Waals surface area contributed by atoms with Gasteiger partial charge in [-0.05, 0) is 18.8 Å². The van der Waals surface area contributed by atoms with Crippen LogP contribution in [0, 0.1) is 11.3 Å². The van der Waals surface area contributed by atoms with E-state index in [1.165, 1.54) is 0 Å². The lowest BCUT2D eigenvalue weighted by Crippen LogP contribution is -2.10. The zero-order chi connectivity index (χ0) is 15.6. The fourth-order valence-electron chi connectivity index (χ4n) is 1.76. The van der Waals surface area contributed by atoms with E-state index in [1.54, 1.807) is 10.9 Å². The van der Waals surface area contributed by atoms with Crippen LogP contribution in [0.25, 0.3) is 11.0 Å². The number of imidazole rings is 1. The molecule has 0 aliphatic rings. The summed E-state index contributed by atoms with van der Waals surface area (Å²) in [5, 5.41) is 9.50. The van der Waals surface area contributed by atoms with Gasteiger partial charge < -0.3 is 9.30 Å². The predicted molar refractivity (Wildman–Crippen MR) is 88.4 cm³/mol. The molecule has 2 rings (SSSR count). The molecule has 0 saturated carbocycles. The molecule has 0 aliphatic carbocycles. The van der Waals surface area contributed by atoms with E-state index in [-0.39, 0.29) is 15.9 Å². The maximum atomic E-state index is 9.23. The van der Waals surface area contributed by atoms with Crippen molar-refractivity contribution in [3.8, 4) is 6.07 Å². The van der Waals surface area contributed by atoms with Crippen molar-refractivity contribution in [3.63, 3.8) is 0 Å².